The first kappa shape index (κ1) is 17.5. The Bertz CT molecular complexity index is 720. The van der Waals surface area contributed by atoms with Gasteiger partial charge in [0.1, 0.15) is 5.82 Å². The Kier molecular flexibility index (Phi) is 5.76. The molecule has 2 aromatic rings. The van der Waals surface area contributed by atoms with Gasteiger partial charge in [-0.1, -0.05) is 12.1 Å². The summed E-state index contributed by atoms with van der Waals surface area (Å²) < 4.78 is 13.5. The van der Waals surface area contributed by atoms with Crippen molar-refractivity contribution in [2.75, 3.05) is 6.54 Å². The number of halogens is 1. The van der Waals surface area contributed by atoms with E-state index in [-0.39, 0.29) is 17.8 Å². The van der Waals surface area contributed by atoms with Crippen LogP contribution in [0, 0.1) is 12.7 Å². The monoisotopic (exact) mass is 341 g/mol. The highest BCUT2D eigenvalue weighted by molar-refractivity contribution is 5.78. The smallest absolute Gasteiger partial charge is 0.223 e. The maximum atomic E-state index is 13.5. The molecule has 1 aliphatic heterocycles. The molecule has 1 fully saturated rings. The molecular formula is C20H24FN3O. The molecule has 2 heterocycles. The van der Waals surface area contributed by atoms with Gasteiger partial charge in [-0.25, -0.2) is 4.39 Å². The number of benzene rings is 1. The molecule has 1 saturated heterocycles. The van der Waals surface area contributed by atoms with Gasteiger partial charge in [-0.05, 0) is 61.2 Å². The number of hydrogen-bond donors (Lipinski definition) is 1. The molecule has 0 unspecified atom stereocenters. The van der Waals surface area contributed by atoms with Crippen molar-refractivity contribution in [3.05, 3.63) is 65.2 Å². The van der Waals surface area contributed by atoms with Crippen molar-refractivity contribution >= 4 is 5.91 Å². The van der Waals surface area contributed by atoms with E-state index in [0.29, 0.717) is 13.0 Å². The molecule has 3 rings (SSSR count). The van der Waals surface area contributed by atoms with E-state index in [2.05, 4.69) is 10.3 Å². The van der Waals surface area contributed by atoms with E-state index < -0.39 is 0 Å². The third-order valence-electron chi connectivity index (χ3n) is 4.81. The number of carbonyl (C=O) groups is 1. The molecule has 0 saturated carbocycles. The number of amides is 1. The van der Waals surface area contributed by atoms with Crippen LogP contribution in [0.3, 0.4) is 0 Å². The Morgan fingerprint density at radius 1 is 1.36 bits per heavy atom. The minimum Gasteiger partial charge on any atom is -0.335 e. The zero-order valence-corrected chi connectivity index (χ0v) is 14.5. The maximum absolute atomic E-state index is 13.5. The summed E-state index contributed by atoms with van der Waals surface area (Å²) in [5.74, 6) is -0.0807. The number of nitrogens with one attached hydrogen (secondary N) is 1. The predicted octanol–water partition coefficient (Wildman–Crippen LogP) is 3.20. The predicted molar refractivity (Wildman–Crippen MR) is 95.3 cm³/mol. The van der Waals surface area contributed by atoms with Gasteiger partial charge in [0.2, 0.25) is 5.91 Å². The van der Waals surface area contributed by atoms with Gasteiger partial charge in [0.05, 0.1) is 0 Å². The number of carbonyl (C=O) groups excluding carboxylic acids is 1. The Balaban J connectivity index is 1.53. The molecule has 1 atom stereocenters. The summed E-state index contributed by atoms with van der Waals surface area (Å²) in [5.41, 5.74) is 3.07. The molecule has 1 aromatic carbocycles. The van der Waals surface area contributed by atoms with E-state index in [0.717, 1.165) is 42.6 Å². The molecule has 25 heavy (non-hydrogen) atoms. The first-order valence-corrected chi connectivity index (χ1v) is 8.77. The average Bonchev–Trinajstić information content (AvgIpc) is 2.96. The van der Waals surface area contributed by atoms with Crippen LogP contribution in [0.4, 0.5) is 4.39 Å². The van der Waals surface area contributed by atoms with Gasteiger partial charge in [0.25, 0.3) is 0 Å². The van der Waals surface area contributed by atoms with Gasteiger partial charge in [0.15, 0.2) is 0 Å². The number of aryl methyl sites for hydroxylation is 1. The average molecular weight is 341 g/mol. The summed E-state index contributed by atoms with van der Waals surface area (Å²) in [5, 5.41) is 3.41. The lowest BCUT2D eigenvalue weighted by molar-refractivity contribution is -0.129. The molecule has 0 bridgehead atoms. The topological polar surface area (TPSA) is 45.2 Å². The van der Waals surface area contributed by atoms with Gasteiger partial charge < -0.3 is 10.2 Å². The highest BCUT2D eigenvalue weighted by Crippen LogP contribution is 2.25. The number of nitrogens with zero attached hydrogens (tertiary/aromatic N) is 2. The standard InChI is InChI=1S/C20H24FN3O/c1-15-4-5-18(21)11-17(15)14-24-19(6-7-20(24)25)8-10-23-13-16-3-2-9-22-12-16/h2-5,9,11-12,19,23H,6-8,10,13-14H2,1H3/t19-/m1/s1. The number of rotatable bonds is 7. The Labute approximate surface area is 148 Å². The molecule has 0 radical (unpaired) electrons. The van der Waals surface area contributed by atoms with Crippen LogP contribution < -0.4 is 5.32 Å². The van der Waals surface area contributed by atoms with E-state index in [1.165, 1.54) is 6.07 Å². The van der Waals surface area contributed by atoms with E-state index in [4.69, 9.17) is 0 Å². The summed E-state index contributed by atoms with van der Waals surface area (Å²) in [4.78, 5) is 18.3. The van der Waals surface area contributed by atoms with E-state index >= 15 is 0 Å². The molecule has 1 amide bonds. The summed E-state index contributed by atoms with van der Waals surface area (Å²) in [7, 11) is 0. The highest BCUT2D eigenvalue weighted by Gasteiger charge is 2.30. The first-order valence-electron chi connectivity index (χ1n) is 8.77. The van der Waals surface area contributed by atoms with Gasteiger partial charge in [0, 0.05) is 37.9 Å². The van der Waals surface area contributed by atoms with Crippen LogP contribution in [-0.2, 0) is 17.9 Å². The summed E-state index contributed by atoms with van der Waals surface area (Å²) in [6, 6.07) is 8.96. The number of likely N-dealkylation sites (tertiary alicyclic amines) is 1. The molecule has 0 spiro atoms. The number of pyridine rings is 1. The normalized spacial score (nSPS) is 17.3. The maximum Gasteiger partial charge on any atom is 0.223 e. The molecule has 1 N–H and O–H groups in total. The lowest BCUT2D eigenvalue weighted by atomic mass is 10.1. The van der Waals surface area contributed by atoms with Crippen molar-refractivity contribution in [2.45, 2.75) is 45.3 Å². The number of hydrogen-bond acceptors (Lipinski definition) is 3. The fraction of sp³-hybridized carbons (Fsp3) is 0.400. The second-order valence-corrected chi connectivity index (χ2v) is 6.61. The third-order valence-corrected chi connectivity index (χ3v) is 4.81. The highest BCUT2D eigenvalue weighted by atomic mass is 19.1. The van der Waals surface area contributed by atoms with E-state index in [1.54, 1.807) is 18.3 Å². The molecule has 4 nitrogen and oxygen atoms in total. The minimum atomic E-state index is -0.248. The summed E-state index contributed by atoms with van der Waals surface area (Å²) >= 11 is 0. The van der Waals surface area contributed by atoms with Gasteiger partial charge in [-0.15, -0.1) is 0 Å². The van der Waals surface area contributed by atoms with Gasteiger partial charge in [-0.3, -0.25) is 9.78 Å². The minimum absolute atomic E-state index is 0.168. The lowest BCUT2D eigenvalue weighted by Crippen LogP contribution is -2.34. The molecule has 0 aliphatic carbocycles. The fourth-order valence-corrected chi connectivity index (χ4v) is 3.31. The molecule has 1 aliphatic rings. The van der Waals surface area contributed by atoms with E-state index in [1.807, 2.05) is 30.2 Å². The van der Waals surface area contributed by atoms with Crippen molar-refractivity contribution in [1.29, 1.82) is 0 Å². The fourth-order valence-electron chi connectivity index (χ4n) is 3.31. The van der Waals surface area contributed by atoms with Crippen molar-refractivity contribution < 1.29 is 9.18 Å². The number of aromatic nitrogens is 1. The molecule has 1 aromatic heterocycles. The molecular weight excluding hydrogens is 317 g/mol. The van der Waals surface area contributed by atoms with Crippen LogP contribution in [0.5, 0.6) is 0 Å². The van der Waals surface area contributed by atoms with Gasteiger partial charge in [-0.2, -0.15) is 0 Å². The van der Waals surface area contributed by atoms with Crippen LogP contribution in [0.15, 0.2) is 42.7 Å². The van der Waals surface area contributed by atoms with Crippen LogP contribution in [0.2, 0.25) is 0 Å². The van der Waals surface area contributed by atoms with Gasteiger partial charge >= 0.3 is 0 Å². The van der Waals surface area contributed by atoms with Crippen molar-refractivity contribution in [3.63, 3.8) is 0 Å². The molecule has 132 valence electrons. The largest absolute Gasteiger partial charge is 0.335 e. The Morgan fingerprint density at radius 2 is 2.24 bits per heavy atom. The SMILES string of the molecule is Cc1ccc(F)cc1CN1C(=O)CC[C@@H]1CCNCc1cccnc1. The summed E-state index contributed by atoms with van der Waals surface area (Å²) in [6.45, 7) is 4.07. The zero-order valence-electron chi connectivity index (χ0n) is 14.5. The quantitative estimate of drug-likeness (QED) is 0.787. The van der Waals surface area contributed by atoms with E-state index in [9.17, 15) is 9.18 Å². The zero-order chi connectivity index (χ0) is 17.6. The molecule has 5 heteroatoms. The van der Waals surface area contributed by atoms with Crippen LogP contribution in [0.1, 0.15) is 36.0 Å². The van der Waals surface area contributed by atoms with Crippen LogP contribution in [-0.4, -0.2) is 28.4 Å². The Hall–Kier alpha value is -2.27. The van der Waals surface area contributed by atoms with Crippen LogP contribution >= 0.6 is 0 Å². The summed E-state index contributed by atoms with van der Waals surface area (Å²) in [6.07, 6.45) is 5.98. The van der Waals surface area contributed by atoms with Crippen molar-refractivity contribution in [2.24, 2.45) is 0 Å². The van der Waals surface area contributed by atoms with Crippen molar-refractivity contribution in [3.8, 4) is 0 Å². The first-order chi connectivity index (χ1) is 12.1. The van der Waals surface area contributed by atoms with Crippen LogP contribution in [0.25, 0.3) is 0 Å². The third kappa shape index (κ3) is 4.63. The van der Waals surface area contributed by atoms with Crippen molar-refractivity contribution in [1.82, 2.24) is 15.2 Å². The Morgan fingerprint density at radius 3 is 3.04 bits per heavy atom. The second-order valence-electron chi connectivity index (χ2n) is 6.61. The lowest BCUT2D eigenvalue weighted by Gasteiger charge is -2.26. The second kappa shape index (κ2) is 8.21.